The van der Waals surface area contributed by atoms with Crippen LogP contribution in [0.3, 0.4) is 0 Å². The number of ether oxygens (including phenoxy) is 1. The average molecular weight is 479 g/mol. The molecular formula is C28H46O6. The van der Waals surface area contributed by atoms with Crippen molar-refractivity contribution in [3.63, 3.8) is 0 Å². The van der Waals surface area contributed by atoms with E-state index in [0.717, 1.165) is 32.1 Å². The molecule has 0 unspecified atom stereocenters. The minimum absolute atomic E-state index is 0.154. The summed E-state index contributed by atoms with van der Waals surface area (Å²) in [6.45, 7) is 9.93. The van der Waals surface area contributed by atoms with Gasteiger partial charge in [-0.1, -0.05) is 32.4 Å². The maximum absolute atomic E-state index is 11.1. The Bertz CT molecular complexity index is 837. The fourth-order valence-electron chi connectivity index (χ4n) is 9.38. The maximum Gasteiger partial charge on any atom is 0.186 e. The average Bonchev–Trinajstić information content (AvgIpc) is 3.09. The van der Waals surface area contributed by atoms with Crippen molar-refractivity contribution in [2.45, 2.75) is 122 Å². The topological polar surface area (TPSA) is 110 Å². The fraction of sp³-hybridized carbons (Fsp3) is 0.929. The van der Waals surface area contributed by atoms with Crippen LogP contribution in [-0.2, 0) is 4.74 Å². The summed E-state index contributed by atoms with van der Waals surface area (Å²) in [6, 6.07) is 0. The number of hydrogen-bond acceptors (Lipinski definition) is 6. The number of allylic oxidation sites excluding steroid dienone is 1. The minimum atomic E-state index is -1.70. The highest BCUT2D eigenvalue weighted by atomic mass is 16.6. The number of rotatable bonds is 2. The van der Waals surface area contributed by atoms with Crippen molar-refractivity contribution in [1.29, 1.82) is 0 Å². The van der Waals surface area contributed by atoms with E-state index in [0.29, 0.717) is 42.9 Å². The third kappa shape index (κ3) is 3.35. The lowest BCUT2D eigenvalue weighted by Crippen LogP contribution is -2.65. The first-order chi connectivity index (χ1) is 15.7. The monoisotopic (exact) mass is 478 g/mol. The van der Waals surface area contributed by atoms with Crippen LogP contribution in [0.1, 0.15) is 86.0 Å². The van der Waals surface area contributed by atoms with Crippen LogP contribution in [0, 0.1) is 40.4 Å². The molecule has 0 radical (unpaired) electrons. The molecule has 194 valence electrons. The molecule has 3 saturated carbocycles. The molecule has 0 spiro atoms. The van der Waals surface area contributed by atoms with Crippen LogP contribution in [0.4, 0.5) is 0 Å². The molecule has 0 amide bonds. The van der Waals surface area contributed by atoms with E-state index < -0.39 is 29.7 Å². The summed E-state index contributed by atoms with van der Waals surface area (Å²) in [5, 5.41) is 53.4. The van der Waals surface area contributed by atoms with Gasteiger partial charge in [-0.05, 0) is 87.4 Å². The predicted molar refractivity (Wildman–Crippen MR) is 128 cm³/mol. The van der Waals surface area contributed by atoms with E-state index in [4.69, 9.17) is 4.74 Å². The molecule has 0 aromatic carbocycles. The van der Waals surface area contributed by atoms with Gasteiger partial charge in [-0.2, -0.15) is 0 Å². The van der Waals surface area contributed by atoms with E-state index in [1.54, 1.807) is 6.92 Å². The number of hydrogen-bond donors (Lipinski definition) is 5. The van der Waals surface area contributed by atoms with E-state index in [1.165, 1.54) is 12.5 Å². The second-order valence-corrected chi connectivity index (χ2v) is 13.5. The first-order valence-corrected chi connectivity index (χ1v) is 13.6. The van der Waals surface area contributed by atoms with Gasteiger partial charge in [0.15, 0.2) is 6.29 Å². The molecule has 1 aliphatic heterocycles. The van der Waals surface area contributed by atoms with Crippen molar-refractivity contribution in [3.05, 3.63) is 11.6 Å². The Kier molecular flexibility index (Phi) is 5.92. The predicted octanol–water partition coefficient (Wildman–Crippen LogP) is 3.14. The van der Waals surface area contributed by atoms with Crippen molar-refractivity contribution in [3.8, 4) is 0 Å². The first-order valence-electron chi connectivity index (χ1n) is 13.6. The van der Waals surface area contributed by atoms with E-state index in [9.17, 15) is 25.5 Å². The molecule has 13 atom stereocenters. The highest BCUT2D eigenvalue weighted by molar-refractivity contribution is 5.27. The second-order valence-electron chi connectivity index (χ2n) is 13.5. The Morgan fingerprint density at radius 2 is 1.71 bits per heavy atom. The molecule has 5 rings (SSSR count). The third-order valence-electron chi connectivity index (χ3n) is 11.9. The van der Waals surface area contributed by atoms with Gasteiger partial charge in [-0.15, -0.1) is 0 Å². The van der Waals surface area contributed by atoms with Gasteiger partial charge >= 0.3 is 0 Å². The zero-order valence-corrected chi connectivity index (χ0v) is 21.6. The zero-order chi connectivity index (χ0) is 24.8. The molecule has 5 N–H and O–H groups in total. The molecule has 4 aliphatic carbocycles. The third-order valence-corrected chi connectivity index (χ3v) is 11.9. The summed E-state index contributed by atoms with van der Waals surface area (Å²) >= 11 is 0. The van der Waals surface area contributed by atoms with Gasteiger partial charge in [0.05, 0.1) is 23.9 Å². The van der Waals surface area contributed by atoms with Gasteiger partial charge in [0.1, 0.15) is 5.60 Å². The van der Waals surface area contributed by atoms with Crippen molar-refractivity contribution in [2.24, 2.45) is 40.4 Å². The Morgan fingerprint density at radius 3 is 2.38 bits per heavy atom. The molecule has 6 nitrogen and oxygen atoms in total. The van der Waals surface area contributed by atoms with Crippen molar-refractivity contribution in [2.75, 3.05) is 0 Å². The summed E-state index contributed by atoms with van der Waals surface area (Å²) < 4.78 is 5.93. The molecule has 6 heteroatoms. The normalized spacial score (nSPS) is 58.4. The van der Waals surface area contributed by atoms with Gasteiger partial charge < -0.3 is 30.3 Å². The van der Waals surface area contributed by atoms with Crippen molar-refractivity contribution in [1.82, 2.24) is 0 Å². The Hall–Kier alpha value is -0.500. The summed E-state index contributed by atoms with van der Waals surface area (Å²) in [4.78, 5) is 0. The zero-order valence-electron chi connectivity index (χ0n) is 21.6. The van der Waals surface area contributed by atoms with Gasteiger partial charge in [0.2, 0.25) is 0 Å². The van der Waals surface area contributed by atoms with Gasteiger partial charge in [0.25, 0.3) is 0 Å². The van der Waals surface area contributed by atoms with Gasteiger partial charge in [-0.3, -0.25) is 0 Å². The van der Waals surface area contributed by atoms with Crippen molar-refractivity contribution < 1.29 is 30.3 Å². The summed E-state index contributed by atoms with van der Waals surface area (Å²) in [7, 11) is 0. The van der Waals surface area contributed by atoms with Gasteiger partial charge in [0, 0.05) is 18.3 Å². The summed E-state index contributed by atoms with van der Waals surface area (Å²) in [6.07, 6.45) is 6.69. The van der Waals surface area contributed by atoms with E-state index in [-0.39, 0.29) is 22.9 Å². The number of fused-ring (bicyclic) bond motifs is 5. The molecule has 0 bridgehead atoms. The summed E-state index contributed by atoms with van der Waals surface area (Å²) in [5.74, 6) is 2.14. The molecule has 0 aromatic heterocycles. The van der Waals surface area contributed by atoms with Crippen LogP contribution in [0.25, 0.3) is 0 Å². The molecule has 0 aromatic rings. The van der Waals surface area contributed by atoms with Crippen LogP contribution < -0.4 is 0 Å². The van der Waals surface area contributed by atoms with E-state index in [2.05, 4.69) is 26.8 Å². The fourth-order valence-corrected chi connectivity index (χ4v) is 9.38. The molecular weight excluding hydrogens is 432 g/mol. The highest BCUT2D eigenvalue weighted by Crippen LogP contribution is 2.67. The van der Waals surface area contributed by atoms with Crippen LogP contribution in [0.15, 0.2) is 11.6 Å². The van der Waals surface area contributed by atoms with E-state index >= 15 is 0 Å². The van der Waals surface area contributed by atoms with Crippen LogP contribution in [-0.4, -0.2) is 61.3 Å². The highest BCUT2D eigenvalue weighted by Gasteiger charge is 2.62. The lowest BCUT2D eigenvalue weighted by Gasteiger charge is -2.60. The Balaban J connectivity index is 1.38. The SMILES string of the molecule is C[C@@H]([C@H]1CC[C@H]2[C@@H]3CC=C4C[C@@H](O)C[C@H](O)[C@]4(C)[C@H]3CC[C@]12C)[C@H]1C[C@@](C)(O)[C@](C)(O)[C@@H](O)O1. The van der Waals surface area contributed by atoms with Crippen LogP contribution in [0.2, 0.25) is 0 Å². The number of aliphatic hydroxyl groups is 5. The lowest BCUT2D eigenvalue weighted by atomic mass is 9.46. The molecule has 5 aliphatic rings. The lowest BCUT2D eigenvalue weighted by molar-refractivity contribution is -0.328. The Labute approximate surface area is 204 Å². The van der Waals surface area contributed by atoms with Crippen molar-refractivity contribution >= 4 is 0 Å². The molecule has 34 heavy (non-hydrogen) atoms. The number of aliphatic hydroxyl groups excluding tert-OH is 3. The quantitative estimate of drug-likeness (QED) is 0.390. The smallest absolute Gasteiger partial charge is 0.186 e. The Morgan fingerprint density at radius 1 is 1.00 bits per heavy atom. The molecule has 1 saturated heterocycles. The standard InChI is InChI=1S/C28H46O6/c1-15(22-14-26(3,32)28(5,33)24(31)34-22)19-8-9-20-18-7-6-16-12-17(29)13-23(30)27(16,4)21(18)10-11-25(19,20)2/h6,15,17-24,29-33H,7-14H2,1-5H3/t15-,17+,18-,19+,20-,21-,22+,23-,24-,25+,26+,27-,28+/m0/s1. The first kappa shape index (κ1) is 25.2. The second kappa shape index (κ2) is 8.00. The van der Waals surface area contributed by atoms with Gasteiger partial charge in [-0.25, -0.2) is 0 Å². The summed E-state index contributed by atoms with van der Waals surface area (Å²) in [5.41, 5.74) is -1.92. The maximum atomic E-state index is 11.1. The van der Waals surface area contributed by atoms with E-state index in [1.807, 2.05) is 0 Å². The molecule has 4 fully saturated rings. The van der Waals surface area contributed by atoms with Crippen LogP contribution in [0.5, 0.6) is 0 Å². The molecule has 1 heterocycles. The largest absolute Gasteiger partial charge is 0.393 e. The van der Waals surface area contributed by atoms with Crippen LogP contribution >= 0.6 is 0 Å². The minimum Gasteiger partial charge on any atom is -0.393 e.